The Morgan fingerprint density at radius 1 is 0.925 bits per heavy atom. The molecule has 2 saturated heterocycles. The molecular weight excluding hydrogens is 520 g/mol. The Balaban J connectivity index is 1.36. The van der Waals surface area contributed by atoms with Crippen LogP contribution in [-0.2, 0) is 16.0 Å². The number of halogens is 1. The van der Waals surface area contributed by atoms with E-state index in [0.29, 0.717) is 23.9 Å². The smallest absolute Gasteiger partial charge is 0.245 e. The Morgan fingerprint density at radius 2 is 1.55 bits per heavy atom. The van der Waals surface area contributed by atoms with Crippen molar-refractivity contribution in [3.8, 4) is 0 Å². The monoisotopic (exact) mass is 558 g/mol. The van der Waals surface area contributed by atoms with Crippen LogP contribution in [0.1, 0.15) is 48.3 Å². The zero-order valence-corrected chi connectivity index (χ0v) is 23.8. The number of nitrogens with two attached hydrogens (primary N) is 1. The fourth-order valence-corrected chi connectivity index (χ4v) is 6.31. The summed E-state index contributed by atoms with van der Waals surface area (Å²) in [6.45, 7) is 5.11. The molecule has 210 valence electrons. The highest BCUT2D eigenvalue weighted by molar-refractivity contribution is 6.30. The number of rotatable bonds is 9. The van der Waals surface area contributed by atoms with Gasteiger partial charge in [-0.05, 0) is 61.1 Å². The van der Waals surface area contributed by atoms with E-state index in [0.717, 1.165) is 38.0 Å². The number of hydrogen-bond acceptors (Lipinski definition) is 4. The van der Waals surface area contributed by atoms with E-state index in [1.54, 1.807) is 6.92 Å². The van der Waals surface area contributed by atoms with E-state index in [1.165, 1.54) is 11.1 Å². The van der Waals surface area contributed by atoms with Crippen LogP contribution in [0.4, 0.5) is 0 Å². The number of nitrogens with one attached hydrogen (secondary N) is 1. The molecule has 0 saturated carbocycles. The standard InChI is InChI=1S/C33H39ClN4O2/c1-23(35)32(39)36-31(18-24-12-14-29(34)15-13-24)33(40)38-21-28(26-10-6-3-7-11-26)19-30(38)22-37-17-16-27(20-37)25-8-4-2-5-9-25/h2-15,23,27-28,30-31H,16-22,35H2,1H3,(H,36,39)/t23?,27-,28+,30+,31+/m1/s1. The second-order valence-electron chi connectivity index (χ2n) is 11.3. The molecular formula is C33H39ClN4O2. The first-order chi connectivity index (χ1) is 19.4. The summed E-state index contributed by atoms with van der Waals surface area (Å²) in [6, 6.07) is 27.3. The topological polar surface area (TPSA) is 78.7 Å². The summed E-state index contributed by atoms with van der Waals surface area (Å²) in [5.41, 5.74) is 9.46. The fourth-order valence-electron chi connectivity index (χ4n) is 6.18. The maximum Gasteiger partial charge on any atom is 0.245 e. The summed E-state index contributed by atoms with van der Waals surface area (Å²) in [5, 5.41) is 3.59. The molecule has 2 aliphatic heterocycles. The van der Waals surface area contributed by atoms with Crippen molar-refractivity contribution in [2.75, 3.05) is 26.2 Å². The van der Waals surface area contributed by atoms with Crippen LogP contribution in [0.5, 0.6) is 0 Å². The van der Waals surface area contributed by atoms with Crippen molar-refractivity contribution in [3.05, 3.63) is 107 Å². The Hall–Kier alpha value is -3.19. The molecule has 0 bridgehead atoms. The number of carbonyl (C=O) groups excluding carboxylic acids is 2. The maximum atomic E-state index is 14.2. The van der Waals surface area contributed by atoms with Crippen LogP contribution in [0.25, 0.3) is 0 Å². The third kappa shape index (κ3) is 6.92. The fraction of sp³-hybridized carbons (Fsp3) is 0.394. The molecule has 3 N–H and O–H groups in total. The minimum Gasteiger partial charge on any atom is -0.343 e. The lowest BCUT2D eigenvalue weighted by atomic mass is 9.96. The number of carbonyl (C=O) groups is 2. The van der Waals surface area contributed by atoms with Gasteiger partial charge in [0.1, 0.15) is 6.04 Å². The average molecular weight is 559 g/mol. The normalized spacial score (nSPS) is 22.7. The molecule has 6 nitrogen and oxygen atoms in total. The van der Waals surface area contributed by atoms with Crippen LogP contribution in [-0.4, -0.2) is 65.9 Å². The number of benzene rings is 3. The highest BCUT2D eigenvalue weighted by atomic mass is 35.5. The second kappa shape index (κ2) is 13.0. The average Bonchev–Trinajstić information content (AvgIpc) is 3.62. The van der Waals surface area contributed by atoms with E-state index in [2.05, 4.69) is 64.8 Å². The van der Waals surface area contributed by atoms with Gasteiger partial charge < -0.3 is 20.9 Å². The Bertz CT molecular complexity index is 1270. The van der Waals surface area contributed by atoms with Crippen molar-refractivity contribution in [1.29, 1.82) is 0 Å². The van der Waals surface area contributed by atoms with Crippen LogP contribution < -0.4 is 11.1 Å². The lowest BCUT2D eigenvalue weighted by molar-refractivity contribution is -0.137. The number of nitrogens with zero attached hydrogens (tertiary/aromatic N) is 2. The molecule has 0 aliphatic carbocycles. The van der Waals surface area contributed by atoms with Crippen molar-refractivity contribution in [3.63, 3.8) is 0 Å². The zero-order chi connectivity index (χ0) is 28.1. The molecule has 3 aromatic rings. The summed E-state index contributed by atoms with van der Waals surface area (Å²) in [4.78, 5) is 31.5. The highest BCUT2D eigenvalue weighted by Gasteiger charge is 2.40. The lowest BCUT2D eigenvalue weighted by Crippen LogP contribution is -2.55. The summed E-state index contributed by atoms with van der Waals surface area (Å²) < 4.78 is 0. The lowest BCUT2D eigenvalue weighted by Gasteiger charge is -2.32. The molecule has 0 spiro atoms. The minimum atomic E-state index is -0.702. The molecule has 1 unspecified atom stereocenters. The maximum absolute atomic E-state index is 14.2. The molecule has 7 heteroatoms. The van der Waals surface area contributed by atoms with Crippen molar-refractivity contribution in [2.45, 2.75) is 56.1 Å². The predicted molar refractivity (Wildman–Crippen MR) is 160 cm³/mol. The van der Waals surface area contributed by atoms with Gasteiger partial charge in [0.15, 0.2) is 0 Å². The van der Waals surface area contributed by atoms with Crippen LogP contribution in [0.2, 0.25) is 5.02 Å². The first kappa shape index (κ1) is 28.3. The Labute approximate surface area is 242 Å². The molecule has 3 aromatic carbocycles. The molecule has 2 fully saturated rings. The summed E-state index contributed by atoms with van der Waals surface area (Å²) in [5.74, 6) is 0.391. The van der Waals surface area contributed by atoms with Crippen LogP contribution >= 0.6 is 11.6 Å². The summed E-state index contributed by atoms with van der Waals surface area (Å²) >= 11 is 6.10. The minimum absolute atomic E-state index is 0.0498. The molecule has 2 amide bonds. The predicted octanol–water partition coefficient (Wildman–Crippen LogP) is 4.59. The van der Waals surface area contributed by atoms with Gasteiger partial charge in [0.25, 0.3) is 0 Å². The molecule has 2 aliphatic rings. The molecule has 40 heavy (non-hydrogen) atoms. The van der Waals surface area contributed by atoms with E-state index < -0.39 is 12.1 Å². The number of likely N-dealkylation sites (tertiary alicyclic amines) is 2. The van der Waals surface area contributed by atoms with Gasteiger partial charge >= 0.3 is 0 Å². The van der Waals surface area contributed by atoms with Gasteiger partial charge in [-0.25, -0.2) is 0 Å². The van der Waals surface area contributed by atoms with E-state index in [9.17, 15) is 9.59 Å². The Morgan fingerprint density at radius 3 is 2.17 bits per heavy atom. The summed E-state index contributed by atoms with van der Waals surface area (Å²) in [6.07, 6.45) is 2.40. The van der Waals surface area contributed by atoms with E-state index in [4.69, 9.17) is 17.3 Å². The third-order valence-corrected chi connectivity index (χ3v) is 8.61. The number of hydrogen-bond donors (Lipinski definition) is 2. The molecule has 5 atom stereocenters. The first-order valence-electron chi connectivity index (χ1n) is 14.3. The zero-order valence-electron chi connectivity index (χ0n) is 23.1. The third-order valence-electron chi connectivity index (χ3n) is 8.36. The van der Waals surface area contributed by atoms with Crippen molar-refractivity contribution in [2.24, 2.45) is 5.73 Å². The van der Waals surface area contributed by atoms with Gasteiger partial charge in [-0.2, -0.15) is 0 Å². The van der Waals surface area contributed by atoms with Crippen LogP contribution in [0.15, 0.2) is 84.9 Å². The van der Waals surface area contributed by atoms with Gasteiger partial charge in [0, 0.05) is 43.0 Å². The van der Waals surface area contributed by atoms with Gasteiger partial charge in [-0.3, -0.25) is 9.59 Å². The van der Waals surface area contributed by atoms with Gasteiger partial charge in [0.2, 0.25) is 11.8 Å². The quantitative estimate of drug-likeness (QED) is 0.403. The van der Waals surface area contributed by atoms with Crippen molar-refractivity contribution < 1.29 is 9.59 Å². The van der Waals surface area contributed by atoms with Gasteiger partial charge in [0.05, 0.1) is 6.04 Å². The molecule has 2 heterocycles. The largest absolute Gasteiger partial charge is 0.343 e. The van der Waals surface area contributed by atoms with Crippen molar-refractivity contribution in [1.82, 2.24) is 15.1 Å². The Kier molecular flexibility index (Phi) is 9.20. The van der Waals surface area contributed by atoms with Crippen LogP contribution in [0.3, 0.4) is 0 Å². The summed E-state index contributed by atoms with van der Waals surface area (Å²) in [7, 11) is 0. The molecule has 0 aromatic heterocycles. The van der Waals surface area contributed by atoms with Gasteiger partial charge in [-0.1, -0.05) is 84.4 Å². The molecule has 0 radical (unpaired) electrons. The van der Waals surface area contributed by atoms with Crippen molar-refractivity contribution >= 4 is 23.4 Å². The highest BCUT2D eigenvalue weighted by Crippen LogP contribution is 2.35. The van der Waals surface area contributed by atoms with Crippen LogP contribution in [0, 0.1) is 0 Å². The molecule has 5 rings (SSSR count). The number of amides is 2. The van der Waals surface area contributed by atoms with Gasteiger partial charge in [-0.15, -0.1) is 0 Å². The van der Waals surface area contributed by atoms with E-state index in [1.807, 2.05) is 35.2 Å². The second-order valence-corrected chi connectivity index (χ2v) is 11.8. The SMILES string of the molecule is CC(N)C(=O)N[C@@H](Cc1ccc(Cl)cc1)C(=O)N1C[C@@H](c2ccccc2)C[C@H]1CN1CC[C@@H](c2ccccc2)C1. The van der Waals surface area contributed by atoms with E-state index >= 15 is 0 Å². The first-order valence-corrected chi connectivity index (χ1v) is 14.7. The van der Waals surface area contributed by atoms with E-state index in [-0.39, 0.29) is 23.8 Å².